The lowest BCUT2D eigenvalue weighted by molar-refractivity contribution is -0.143. The number of hydrogen-bond acceptors (Lipinski definition) is 5. The van der Waals surface area contributed by atoms with Crippen LogP contribution >= 0.6 is 0 Å². The van der Waals surface area contributed by atoms with Crippen molar-refractivity contribution in [2.24, 2.45) is 0 Å². The zero-order chi connectivity index (χ0) is 54.3. The number of carbonyl (C=O) groups is 2. The molecule has 1 amide bonds. The Balaban J connectivity index is 3.29. The number of amides is 1. The molecule has 0 aromatic carbocycles. The van der Waals surface area contributed by atoms with Crippen LogP contribution in [0.3, 0.4) is 0 Å². The first-order valence-corrected chi connectivity index (χ1v) is 33.8. The van der Waals surface area contributed by atoms with E-state index in [1.54, 1.807) is 6.08 Å². The number of unbranched alkanes of at least 4 members (excludes halogenated alkanes) is 48. The summed E-state index contributed by atoms with van der Waals surface area (Å²) >= 11 is 0. The van der Waals surface area contributed by atoms with E-state index in [1.807, 2.05) is 6.08 Å². The van der Waals surface area contributed by atoms with Gasteiger partial charge in [0.15, 0.2) is 0 Å². The van der Waals surface area contributed by atoms with Crippen LogP contribution in [-0.4, -0.2) is 47.4 Å². The van der Waals surface area contributed by atoms with Gasteiger partial charge in [-0.05, 0) is 57.8 Å². The Morgan fingerprint density at radius 2 is 0.680 bits per heavy atom. The summed E-state index contributed by atoms with van der Waals surface area (Å²) in [5.74, 6) is -0.0567. The van der Waals surface area contributed by atoms with Crippen LogP contribution in [0.25, 0.3) is 0 Å². The Hall–Kier alpha value is -1.92. The Bertz CT molecular complexity index is 1210. The van der Waals surface area contributed by atoms with Gasteiger partial charge < -0.3 is 20.3 Å². The van der Waals surface area contributed by atoms with Crippen molar-refractivity contribution in [1.82, 2.24) is 5.32 Å². The van der Waals surface area contributed by atoms with Crippen molar-refractivity contribution < 1.29 is 24.5 Å². The standard InChI is InChI=1S/C69H131NO5/c1-3-5-7-9-11-13-14-15-40-43-47-51-55-59-63-69(74)75-64-60-56-52-48-44-41-38-36-34-32-30-28-26-24-22-20-18-16-17-19-21-23-25-27-29-31-33-35-37-39-42-46-50-54-58-62-68(73)70-66(65-71)67(72)61-57-53-49-45-12-10-8-6-4-2/h9,11,14-15,57,61,66-67,71-72H,3-8,10,12-13,16-56,58-60,62-65H2,1-2H3,(H,70,73)/b11-9-,15-14-,61-57+. The Morgan fingerprint density at radius 1 is 0.373 bits per heavy atom. The Labute approximate surface area is 468 Å². The second-order valence-electron chi connectivity index (χ2n) is 23.2. The van der Waals surface area contributed by atoms with Gasteiger partial charge in [0.1, 0.15) is 0 Å². The van der Waals surface area contributed by atoms with E-state index >= 15 is 0 Å². The van der Waals surface area contributed by atoms with Crippen LogP contribution in [0.2, 0.25) is 0 Å². The quantitative estimate of drug-likeness (QED) is 0.0320. The minimum Gasteiger partial charge on any atom is -0.466 e. The number of rotatable bonds is 63. The molecule has 0 aromatic heterocycles. The molecule has 3 N–H and O–H groups in total. The van der Waals surface area contributed by atoms with E-state index in [0.29, 0.717) is 19.4 Å². The van der Waals surface area contributed by atoms with Gasteiger partial charge in [-0.25, -0.2) is 0 Å². The van der Waals surface area contributed by atoms with E-state index in [4.69, 9.17) is 4.74 Å². The fraction of sp³-hybridized carbons (Fsp3) is 0.884. The molecule has 0 rings (SSSR count). The molecule has 6 nitrogen and oxygen atoms in total. The van der Waals surface area contributed by atoms with Crippen molar-refractivity contribution in [1.29, 1.82) is 0 Å². The predicted octanol–water partition coefficient (Wildman–Crippen LogP) is 21.5. The summed E-state index contributed by atoms with van der Waals surface area (Å²) in [6.07, 6.45) is 82.4. The Kier molecular flexibility index (Phi) is 63.0. The van der Waals surface area contributed by atoms with Crippen LogP contribution < -0.4 is 5.32 Å². The topological polar surface area (TPSA) is 95.9 Å². The molecule has 6 heteroatoms. The predicted molar refractivity (Wildman–Crippen MR) is 329 cm³/mol. The largest absolute Gasteiger partial charge is 0.466 e. The number of allylic oxidation sites excluding steroid dienone is 5. The van der Waals surface area contributed by atoms with E-state index < -0.39 is 12.1 Å². The van der Waals surface area contributed by atoms with Gasteiger partial charge >= 0.3 is 5.97 Å². The molecule has 0 aliphatic carbocycles. The zero-order valence-corrected chi connectivity index (χ0v) is 50.5. The molecule has 0 spiro atoms. The van der Waals surface area contributed by atoms with Crippen molar-refractivity contribution >= 4 is 11.9 Å². The van der Waals surface area contributed by atoms with Gasteiger partial charge in [0.25, 0.3) is 0 Å². The molecule has 0 saturated carbocycles. The maximum absolute atomic E-state index is 12.4. The normalized spacial score (nSPS) is 12.7. The van der Waals surface area contributed by atoms with E-state index in [-0.39, 0.29) is 18.5 Å². The minimum absolute atomic E-state index is 0.00765. The highest BCUT2D eigenvalue weighted by molar-refractivity contribution is 5.76. The van der Waals surface area contributed by atoms with Crippen molar-refractivity contribution in [2.75, 3.05) is 13.2 Å². The highest BCUT2D eigenvalue weighted by Crippen LogP contribution is 2.18. The molecule has 75 heavy (non-hydrogen) atoms. The maximum atomic E-state index is 12.4. The smallest absolute Gasteiger partial charge is 0.305 e. The summed E-state index contributed by atoms with van der Waals surface area (Å²) in [5, 5.41) is 23.0. The SMILES string of the molecule is CCCC/C=C\C/C=C\CCCCCCCC(=O)OCCCCCCCCCCCCCCCCCCCCCCCCCCCCCCCCCCCCCC(=O)NC(CO)C(O)/C=C/CCCCCCCCC. The van der Waals surface area contributed by atoms with E-state index in [9.17, 15) is 19.8 Å². The number of aliphatic hydroxyl groups is 2. The lowest BCUT2D eigenvalue weighted by Gasteiger charge is -2.20. The van der Waals surface area contributed by atoms with Crippen LogP contribution in [0.5, 0.6) is 0 Å². The molecule has 2 unspecified atom stereocenters. The van der Waals surface area contributed by atoms with Crippen molar-refractivity contribution in [3.05, 3.63) is 36.5 Å². The van der Waals surface area contributed by atoms with Crippen LogP contribution in [-0.2, 0) is 14.3 Å². The highest BCUT2D eigenvalue weighted by Gasteiger charge is 2.18. The minimum atomic E-state index is -0.838. The van der Waals surface area contributed by atoms with E-state index in [0.717, 1.165) is 51.4 Å². The van der Waals surface area contributed by atoms with Crippen LogP contribution in [0.4, 0.5) is 0 Å². The molecule has 0 aliphatic rings. The maximum Gasteiger partial charge on any atom is 0.305 e. The molecular weight excluding hydrogens is 923 g/mol. The zero-order valence-electron chi connectivity index (χ0n) is 50.5. The van der Waals surface area contributed by atoms with Crippen LogP contribution in [0.15, 0.2) is 36.5 Å². The van der Waals surface area contributed by atoms with Gasteiger partial charge in [0.2, 0.25) is 5.91 Å². The molecule has 0 aliphatic heterocycles. The number of nitrogens with one attached hydrogen (secondary N) is 1. The van der Waals surface area contributed by atoms with Crippen molar-refractivity contribution in [3.8, 4) is 0 Å². The van der Waals surface area contributed by atoms with Gasteiger partial charge in [0, 0.05) is 12.8 Å². The molecule has 0 saturated heterocycles. The molecule has 0 radical (unpaired) electrons. The number of esters is 1. The summed E-state index contributed by atoms with van der Waals surface area (Å²) < 4.78 is 5.48. The lowest BCUT2D eigenvalue weighted by Crippen LogP contribution is -2.45. The van der Waals surface area contributed by atoms with Crippen LogP contribution in [0.1, 0.15) is 367 Å². The lowest BCUT2D eigenvalue weighted by atomic mass is 10.0. The van der Waals surface area contributed by atoms with Gasteiger partial charge in [0.05, 0.1) is 25.4 Å². The summed E-state index contributed by atoms with van der Waals surface area (Å²) in [4.78, 5) is 24.4. The molecule has 2 atom stereocenters. The fourth-order valence-corrected chi connectivity index (χ4v) is 10.5. The fourth-order valence-electron chi connectivity index (χ4n) is 10.5. The summed E-state index contributed by atoms with van der Waals surface area (Å²) in [5.41, 5.74) is 0. The molecule has 442 valence electrons. The van der Waals surface area contributed by atoms with Gasteiger partial charge in [-0.3, -0.25) is 9.59 Å². The monoisotopic (exact) mass is 1050 g/mol. The van der Waals surface area contributed by atoms with Gasteiger partial charge in [-0.2, -0.15) is 0 Å². The third-order valence-corrected chi connectivity index (χ3v) is 15.7. The number of ether oxygens (including phenoxy) is 1. The summed E-state index contributed by atoms with van der Waals surface area (Å²) in [7, 11) is 0. The molecule has 0 aromatic rings. The summed E-state index contributed by atoms with van der Waals surface area (Å²) in [6, 6.07) is -0.621. The molecule has 0 bridgehead atoms. The second kappa shape index (κ2) is 64.6. The van der Waals surface area contributed by atoms with Crippen molar-refractivity contribution in [2.45, 2.75) is 379 Å². The van der Waals surface area contributed by atoms with Crippen molar-refractivity contribution in [3.63, 3.8) is 0 Å². The number of hydrogen-bond donors (Lipinski definition) is 3. The van der Waals surface area contributed by atoms with E-state index in [2.05, 4.69) is 43.5 Å². The second-order valence-corrected chi connectivity index (χ2v) is 23.2. The van der Waals surface area contributed by atoms with Crippen LogP contribution in [0, 0.1) is 0 Å². The van der Waals surface area contributed by atoms with Gasteiger partial charge in [-0.15, -0.1) is 0 Å². The first-order chi connectivity index (χ1) is 37.0. The van der Waals surface area contributed by atoms with E-state index in [1.165, 1.54) is 289 Å². The summed E-state index contributed by atoms with van der Waals surface area (Å²) in [6.45, 7) is 4.85. The molecular formula is C69H131NO5. The average Bonchev–Trinajstić information content (AvgIpc) is 3.41. The molecule has 0 heterocycles. The molecule has 0 fully saturated rings. The third kappa shape index (κ3) is 61.2. The average molecular weight is 1050 g/mol. The first-order valence-electron chi connectivity index (χ1n) is 33.8. The third-order valence-electron chi connectivity index (χ3n) is 15.7. The van der Waals surface area contributed by atoms with Gasteiger partial charge in [-0.1, -0.05) is 333 Å². The number of carbonyl (C=O) groups excluding carboxylic acids is 2. The highest BCUT2D eigenvalue weighted by atomic mass is 16.5. The number of aliphatic hydroxyl groups excluding tert-OH is 2. The Morgan fingerprint density at radius 3 is 1.05 bits per heavy atom. The first kappa shape index (κ1) is 73.1.